The fourth-order valence-electron chi connectivity index (χ4n) is 3.54. The maximum atomic E-state index is 13.1. The zero-order chi connectivity index (χ0) is 19.4. The predicted molar refractivity (Wildman–Crippen MR) is 104 cm³/mol. The number of nitrogens with one attached hydrogen (secondary N) is 1. The molecule has 0 unspecified atom stereocenters. The molecule has 2 amide bonds. The number of carbonyl (C=O) groups excluding carboxylic acids is 2. The Morgan fingerprint density at radius 1 is 1.15 bits per heavy atom. The Kier molecular flexibility index (Phi) is 5.59. The first-order valence-corrected chi connectivity index (χ1v) is 9.32. The first-order valence-electron chi connectivity index (χ1n) is 9.32. The van der Waals surface area contributed by atoms with Gasteiger partial charge in [-0.15, -0.1) is 0 Å². The van der Waals surface area contributed by atoms with Crippen molar-refractivity contribution in [2.24, 2.45) is 0 Å². The van der Waals surface area contributed by atoms with Crippen LogP contribution in [0.3, 0.4) is 0 Å². The van der Waals surface area contributed by atoms with E-state index in [1.807, 2.05) is 44.2 Å². The molecule has 1 aliphatic rings. The highest BCUT2D eigenvalue weighted by molar-refractivity contribution is 6.07. The highest BCUT2D eigenvalue weighted by Crippen LogP contribution is 2.41. The Morgan fingerprint density at radius 3 is 2.70 bits per heavy atom. The van der Waals surface area contributed by atoms with Crippen LogP contribution < -0.4 is 10.2 Å². The highest BCUT2D eigenvalue weighted by Gasteiger charge is 2.43. The van der Waals surface area contributed by atoms with E-state index in [0.29, 0.717) is 19.5 Å². The van der Waals surface area contributed by atoms with Crippen molar-refractivity contribution >= 4 is 17.5 Å². The summed E-state index contributed by atoms with van der Waals surface area (Å²) in [4.78, 5) is 26.6. The average Bonchev–Trinajstić information content (AvgIpc) is 2.84. The quantitative estimate of drug-likeness (QED) is 0.760. The third-order valence-corrected chi connectivity index (χ3v) is 5.06. The molecule has 0 aromatic heterocycles. The van der Waals surface area contributed by atoms with Gasteiger partial charge in [-0.3, -0.25) is 9.59 Å². The summed E-state index contributed by atoms with van der Waals surface area (Å²) in [5.74, 6) is -0.290. The van der Waals surface area contributed by atoms with Gasteiger partial charge in [0.2, 0.25) is 11.8 Å². The Balaban J connectivity index is 1.46. The van der Waals surface area contributed by atoms with Gasteiger partial charge in [0.15, 0.2) is 0 Å². The lowest BCUT2D eigenvalue weighted by atomic mass is 9.86. The third-order valence-electron chi connectivity index (χ3n) is 5.06. The van der Waals surface area contributed by atoms with E-state index in [0.717, 1.165) is 23.2 Å². The maximum Gasteiger partial charge on any atom is 0.237 e. The molecule has 27 heavy (non-hydrogen) atoms. The molecule has 0 aliphatic carbocycles. The second-order valence-electron chi connectivity index (χ2n) is 7.43. The summed E-state index contributed by atoms with van der Waals surface area (Å²) in [6.07, 6.45) is 1.72. The molecule has 2 aromatic carbocycles. The topological polar surface area (TPSA) is 49.4 Å². The van der Waals surface area contributed by atoms with Gasteiger partial charge in [0.1, 0.15) is 5.82 Å². The van der Waals surface area contributed by atoms with Gasteiger partial charge in [0.05, 0.1) is 5.41 Å². The van der Waals surface area contributed by atoms with Gasteiger partial charge in [-0.25, -0.2) is 4.39 Å². The zero-order valence-electron chi connectivity index (χ0n) is 15.8. The van der Waals surface area contributed by atoms with E-state index in [9.17, 15) is 14.0 Å². The second kappa shape index (κ2) is 7.91. The molecule has 142 valence electrons. The predicted octanol–water partition coefficient (Wildman–Crippen LogP) is 3.59. The molecule has 0 spiro atoms. The number of hydrogen-bond donors (Lipinski definition) is 1. The number of fused-ring (bicyclic) bond motifs is 1. The third kappa shape index (κ3) is 4.18. The first-order chi connectivity index (χ1) is 12.9. The summed E-state index contributed by atoms with van der Waals surface area (Å²) in [6, 6.07) is 14.2. The molecule has 1 heterocycles. The highest BCUT2D eigenvalue weighted by atomic mass is 19.1. The van der Waals surface area contributed by atoms with Crippen molar-refractivity contribution in [2.45, 2.75) is 38.5 Å². The van der Waals surface area contributed by atoms with Gasteiger partial charge in [-0.1, -0.05) is 30.3 Å². The number of anilines is 1. The van der Waals surface area contributed by atoms with E-state index >= 15 is 0 Å². The summed E-state index contributed by atoms with van der Waals surface area (Å²) in [7, 11) is 0. The van der Waals surface area contributed by atoms with Gasteiger partial charge >= 0.3 is 0 Å². The smallest absolute Gasteiger partial charge is 0.237 e. The number of aryl methyl sites for hydroxylation is 1. The number of hydrogen-bond acceptors (Lipinski definition) is 2. The van der Waals surface area contributed by atoms with Crippen LogP contribution in [0.1, 0.15) is 37.8 Å². The van der Waals surface area contributed by atoms with E-state index < -0.39 is 5.41 Å². The van der Waals surface area contributed by atoms with Crippen molar-refractivity contribution in [1.82, 2.24) is 5.32 Å². The lowest BCUT2D eigenvalue weighted by Gasteiger charge is -2.20. The van der Waals surface area contributed by atoms with Gasteiger partial charge < -0.3 is 10.2 Å². The van der Waals surface area contributed by atoms with Crippen LogP contribution >= 0.6 is 0 Å². The van der Waals surface area contributed by atoms with Crippen molar-refractivity contribution in [2.75, 3.05) is 18.0 Å². The Labute approximate surface area is 159 Å². The summed E-state index contributed by atoms with van der Waals surface area (Å²) in [6.45, 7) is 4.74. The Morgan fingerprint density at radius 2 is 1.93 bits per heavy atom. The number of benzene rings is 2. The normalized spacial score (nSPS) is 14.9. The molecule has 1 aliphatic heterocycles. The minimum Gasteiger partial charge on any atom is -0.356 e. The van der Waals surface area contributed by atoms with Crippen LogP contribution in [0.5, 0.6) is 0 Å². The molecular formula is C22H25FN2O2. The lowest BCUT2D eigenvalue weighted by molar-refractivity contribution is -0.122. The van der Waals surface area contributed by atoms with E-state index in [-0.39, 0.29) is 24.1 Å². The van der Waals surface area contributed by atoms with E-state index in [1.165, 1.54) is 12.1 Å². The minimum atomic E-state index is -0.558. The molecule has 2 aromatic rings. The molecule has 0 atom stereocenters. The second-order valence-corrected chi connectivity index (χ2v) is 7.43. The van der Waals surface area contributed by atoms with Crippen LogP contribution in [0.2, 0.25) is 0 Å². The molecule has 0 bridgehead atoms. The van der Waals surface area contributed by atoms with Crippen LogP contribution in [-0.4, -0.2) is 24.9 Å². The van der Waals surface area contributed by atoms with Crippen LogP contribution in [0.15, 0.2) is 48.5 Å². The summed E-state index contributed by atoms with van der Waals surface area (Å²) < 4.78 is 13.1. The molecule has 5 heteroatoms. The van der Waals surface area contributed by atoms with Crippen molar-refractivity contribution in [3.8, 4) is 0 Å². The molecular weight excluding hydrogens is 343 g/mol. The van der Waals surface area contributed by atoms with Crippen LogP contribution in [0, 0.1) is 5.82 Å². The van der Waals surface area contributed by atoms with Crippen molar-refractivity contribution < 1.29 is 14.0 Å². The summed E-state index contributed by atoms with van der Waals surface area (Å²) >= 11 is 0. The monoisotopic (exact) mass is 368 g/mol. The van der Waals surface area contributed by atoms with E-state index in [4.69, 9.17) is 0 Å². The fourth-order valence-corrected chi connectivity index (χ4v) is 3.54. The van der Waals surface area contributed by atoms with Crippen molar-refractivity contribution in [1.29, 1.82) is 0 Å². The molecule has 0 saturated heterocycles. The fraction of sp³-hybridized carbons (Fsp3) is 0.364. The van der Waals surface area contributed by atoms with E-state index in [1.54, 1.807) is 11.0 Å². The molecule has 0 radical (unpaired) electrons. The number of nitrogens with zero attached hydrogens (tertiary/aromatic N) is 1. The standard InChI is InChI=1S/C22H25FN2O2/c1-22(2)18-10-3-4-11-19(18)25(21(22)27)14-12-20(26)24-13-6-8-16-7-5-9-17(23)15-16/h3-5,7,9-11,15H,6,8,12-14H2,1-2H3,(H,24,26). The molecule has 0 fully saturated rings. The zero-order valence-corrected chi connectivity index (χ0v) is 15.8. The van der Waals surface area contributed by atoms with Crippen molar-refractivity contribution in [3.63, 3.8) is 0 Å². The van der Waals surface area contributed by atoms with Gasteiger partial charge in [0.25, 0.3) is 0 Å². The Bertz CT molecular complexity index is 848. The first kappa shape index (κ1) is 19.1. The number of para-hydroxylation sites is 1. The largest absolute Gasteiger partial charge is 0.356 e. The average molecular weight is 368 g/mol. The van der Waals surface area contributed by atoms with Crippen LogP contribution in [0.25, 0.3) is 0 Å². The van der Waals surface area contributed by atoms with E-state index in [2.05, 4.69) is 5.32 Å². The minimum absolute atomic E-state index is 0.0302. The Hall–Kier alpha value is -2.69. The van der Waals surface area contributed by atoms with Crippen molar-refractivity contribution in [3.05, 3.63) is 65.5 Å². The van der Waals surface area contributed by atoms with Gasteiger partial charge in [0, 0.05) is 25.2 Å². The van der Waals surface area contributed by atoms with Crippen LogP contribution in [-0.2, 0) is 21.4 Å². The summed E-state index contributed by atoms with van der Waals surface area (Å²) in [5.41, 5.74) is 2.26. The SMILES string of the molecule is CC1(C)C(=O)N(CCC(=O)NCCCc2cccc(F)c2)c2ccccc21. The number of halogens is 1. The number of rotatable bonds is 7. The number of amides is 2. The van der Waals surface area contributed by atoms with Gasteiger partial charge in [-0.05, 0) is 56.0 Å². The molecule has 1 N–H and O–H groups in total. The molecule has 3 rings (SSSR count). The lowest BCUT2D eigenvalue weighted by Crippen LogP contribution is -2.38. The van der Waals surface area contributed by atoms with Crippen LogP contribution in [0.4, 0.5) is 10.1 Å². The van der Waals surface area contributed by atoms with Gasteiger partial charge in [-0.2, -0.15) is 0 Å². The maximum absolute atomic E-state index is 13.1. The number of carbonyl (C=O) groups is 2. The molecule has 4 nitrogen and oxygen atoms in total. The molecule has 0 saturated carbocycles. The summed E-state index contributed by atoms with van der Waals surface area (Å²) in [5, 5.41) is 2.88.